The lowest BCUT2D eigenvalue weighted by Gasteiger charge is -2.22. The number of carbonyl (C=O) groups is 1. The molecule has 1 amide bonds. The SMILES string of the molecule is CCCCc1ccc(N(C(=O)C=C(C)C)S(=O)(=O)c2ccc(Cl)cc2)cc1. The van der Waals surface area contributed by atoms with E-state index in [0.29, 0.717) is 10.7 Å². The molecule has 27 heavy (non-hydrogen) atoms. The predicted octanol–water partition coefficient (Wildman–Crippen LogP) is 5.37. The second-order valence-corrected chi connectivity index (χ2v) is 8.78. The van der Waals surface area contributed by atoms with Gasteiger partial charge >= 0.3 is 0 Å². The van der Waals surface area contributed by atoms with Crippen molar-refractivity contribution in [2.45, 2.75) is 44.9 Å². The number of hydrogen-bond donors (Lipinski definition) is 0. The summed E-state index contributed by atoms with van der Waals surface area (Å²) in [7, 11) is -4.06. The van der Waals surface area contributed by atoms with Crippen molar-refractivity contribution in [1.82, 2.24) is 0 Å². The van der Waals surface area contributed by atoms with Crippen molar-refractivity contribution in [3.8, 4) is 0 Å². The Kier molecular flexibility index (Phi) is 7.22. The van der Waals surface area contributed by atoms with Crippen LogP contribution in [0.5, 0.6) is 0 Å². The van der Waals surface area contributed by atoms with E-state index in [-0.39, 0.29) is 4.90 Å². The van der Waals surface area contributed by atoms with Crippen LogP contribution in [-0.4, -0.2) is 14.3 Å². The minimum absolute atomic E-state index is 0.0115. The van der Waals surface area contributed by atoms with Crippen molar-refractivity contribution in [2.24, 2.45) is 0 Å². The van der Waals surface area contributed by atoms with Crippen molar-refractivity contribution >= 4 is 33.2 Å². The standard InChI is InChI=1S/C21H24ClNO3S/c1-4-5-6-17-7-11-19(12-8-17)23(21(24)15-16(2)3)27(25,26)20-13-9-18(22)10-14-20/h7-15H,4-6H2,1-3H3. The summed E-state index contributed by atoms with van der Waals surface area (Å²) < 4.78 is 27.2. The topological polar surface area (TPSA) is 54.5 Å². The summed E-state index contributed by atoms with van der Waals surface area (Å²) in [4.78, 5) is 12.8. The summed E-state index contributed by atoms with van der Waals surface area (Å²) in [6.07, 6.45) is 4.38. The van der Waals surface area contributed by atoms with Gasteiger partial charge in [-0.1, -0.05) is 42.7 Å². The van der Waals surface area contributed by atoms with Gasteiger partial charge in [0.15, 0.2) is 0 Å². The van der Waals surface area contributed by atoms with E-state index in [9.17, 15) is 13.2 Å². The molecule has 2 aromatic carbocycles. The molecular weight excluding hydrogens is 382 g/mol. The lowest BCUT2D eigenvalue weighted by Crippen LogP contribution is -2.36. The van der Waals surface area contributed by atoms with Crippen molar-refractivity contribution in [3.63, 3.8) is 0 Å². The quantitative estimate of drug-likeness (QED) is 0.582. The molecule has 0 aromatic heterocycles. The van der Waals surface area contributed by atoms with Gasteiger partial charge in [-0.3, -0.25) is 4.79 Å². The molecule has 0 unspecified atom stereocenters. The first-order valence-corrected chi connectivity index (χ1v) is 10.7. The second kappa shape index (κ2) is 9.20. The van der Waals surface area contributed by atoms with E-state index in [2.05, 4.69) is 6.92 Å². The van der Waals surface area contributed by atoms with Crippen molar-refractivity contribution in [3.05, 3.63) is 70.8 Å². The minimum Gasteiger partial charge on any atom is -0.268 e. The maximum Gasteiger partial charge on any atom is 0.271 e. The number of aryl methyl sites for hydroxylation is 1. The third kappa shape index (κ3) is 5.44. The van der Waals surface area contributed by atoms with Gasteiger partial charge in [0.25, 0.3) is 15.9 Å². The average Bonchev–Trinajstić information content (AvgIpc) is 2.60. The van der Waals surface area contributed by atoms with Crippen molar-refractivity contribution in [2.75, 3.05) is 4.31 Å². The van der Waals surface area contributed by atoms with Crippen LogP contribution in [0.15, 0.2) is 65.1 Å². The molecule has 0 aliphatic carbocycles. The highest BCUT2D eigenvalue weighted by Gasteiger charge is 2.29. The summed E-state index contributed by atoms with van der Waals surface area (Å²) in [5, 5.41) is 0.427. The first-order chi connectivity index (χ1) is 12.8. The van der Waals surface area contributed by atoms with E-state index in [0.717, 1.165) is 34.7 Å². The molecule has 0 atom stereocenters. The minimum atomic E-state index is -4.06. The molecule has 0 radical (unpaired) electrons. The number of carbonyl (C=O) groups excluding carboxylic acids is 1. The zero-order valence-corrected chi connectivity index (χ0v) is 17.3. The number of rotatable bonds is 7. The molecule has 144 valence electrons. The maximum atomic E-state index is 13.2. The zero-order chi connectivity index (χ0) is 20.0. The van der Waals surface area contributed by atoms with Gasteiger partial charge in [0, 0.05) is 11.1 Å². The van der Waals surface area contributed by atoms with Crippen LogP contribution in [0.25, 0.3) is 0 Å². The number of anilines is 1. The Bertz CT molecular complexity index is 913. The number of halogens is 1. The maximum absolute atomic E-state index is 13.2. The predicted molar refractivity (Wildman–Crippen MR) is 111 cm³/mol. The summed E-state index contributed by atoms with van der Waals surface area (Å²) in [5.74, 6) is -0.605. The van der Waals surface area contributed by atoms with Gasteiger partial charge in [-0.05, 0) is 68.7 Å². The average molecular weight is 406 g/mol. The van der Waals surface area contributed by atoms with E-state index < -0.39 is 15.9 Å². The van der Waals surface area contributed by atoms with Gasteiger partial charge in [0.2, 0.25) is 0 Å². The molecule has 2 rings (SSSR count). The fourth-order valence-electron chi connectivity index (χ4n) is 2.58. The molecule has 0 spiro atoms. The smallest absolute Gasteiger partial charge is 0.268 e. The van der Waals surface area contributed by atoms with Crippen LogP contribution < -0.4 is 4.31 Å². The Morgan fingerprint density at radius 2 is 1.63 bits per heavy atom. The van der Waals surface area contributed by atoms with Gasteiger partial charge in [0.1, 0.15) is 0 Å². The van der Waals surface area contributed by atoms with Crippen LogP contribution in [-0.2, 0) is 21.2 Å². The molecule has 0 aliphatic heterocycles. The summed E-state index contributed by atoms with van der Waals surface area (Å²) >= 11 is 5.86. The van der Waals surface area contributed by atoms with E-state index in [1.54, 1.807) is 26.0 Å². The van der Waals surface area contributed by atoms with E-state index in [1.165, 1.54) is 30.3 Å². The van der Waals surface area contributed by atoms with Crippen molar-refractivity contribution < 1.29 is 13.2 Å². The number of hydrogen-bond acceptors (Lipinski definition) is 3. The first kappa shape index (κ1) is 21.2. The Labute approximate surface area is 166 Å². The molecule has 0 heterocycles. The van der Waals surface area contributed by atoms with Crippen LogP contribution in [0.4, 0.5) is 5.69 Å². The number of nitrogens with zero attached hydrogens (tertiary/aromatic N) is 1. The van der Waals surface area contributed by atoms with Gasteiger partial charge in [0.05, 0.1) is 10.6 Å². The van der Waals surface area contributed by atoms with E-state index >= 15 is 0 Å². The van der Waals surface area contributed by atoms with Gasteiger partial charge in [-0.15, -0.1) is 0 Å². The number of sulfonamides is 1. The van der Waals surface area contributed by atoms with Crippen LogP contribution in [0.2, 0.25) is 5.02 Å². The number of amides is 1. The van der Waals surface area contributed by atoms with Crippen LogP contribution in [0, 0.1) is 0 Å². The van der Waals surface area contributed by atoms with E-state index in [4.69, 9.17) is 11.6 Å². The Balaban J connectivity index is 2.50. The molecule has 0 saturated heterocycles. The summed E-state index contributed by atoms with van der Waals surface area (Å²) in [6.45, 7) is 5.62. The van der Waals surface area contributed by atoms with Gasteiger partial charge in [-0.25, -0.2) is 8.42 Å². The Morgan fingerprint density at radius 1 is 1.04 bits per heavy atom. The first-order valence-electron chi connectivity index (χ1n) is 8.84. The molecule has 6 heteroatoms. The highest BCUT2D eigenvalue weighted by molar-refractivity contribution is 7.93. The third-order valence-corrected chi connectivity index (χ3v) is 5.95. The second-order valence-electron chi connectivity index (χ2n) is 6.55. The van der Waals surface area contributed by atoms with Gasteiger partial charge in [-0.2, -0.15) is 4.31 Å². The largest absolute Gasteiger partial charge is 0.271 e. The highest BCUT2D eigenvalue weighted by Crippen LogP contribution is 2.26. The number of allylic oxidation sites excluding steroid dienone is 1. The zero-order valence-electron chi connectivity index (χ0n) is 15.8. The molecule has 0 fully saturated rings. The van der Waals surface area contributed by atoms with E-state index in [1.807, 2.05) is 12.1 Å². The molecule has 2 aromatic rings. The van der Waals surface area contributed by atoms with Crippen LogP contribution in [0.3, 0.4) is 0 Å². The molecule has 0 saturated carbocycles. The monoisotopic (exact) mass is 405 g/mol. The normalized spacial score (nSPS) is 11.1. The highest BCUT2D eigenvalue weighted by atomic mass is 35.5. The fraction of sp³-hybridized carbons (Fsp3) is 0.286. The molecule has 0 N–H and O–H groups in total. The molecule has 0 aliphatic rings. The lowest BCUT2D eigenvalue weighted by atomic mass is 10.1. The van der Waals surface area contributed by atoms with Gasteiger partial charge < -0.3 is 0 Å². The Hall–Kier alpha value is -2.11. The van der Waals surface area contributed by atoms with Crippen LogP contribution in [0.1, 0.15) is 39.2 Å². The Morgan fingerprint density at radius 3 is 2.15 bits per heavy atom. The number of benzene rings is 2. The summed E-state index contributed by atoms with van der Waals surface area (Å²) in [5.41, 5.74) is 2.14. The van der Waals surface area contributed by atoms with Crippen LogP contribution >= 0.6 is 11.6 Å². The lowest BCUT2D eigenvalue weighted by molar-refractivity contribution is -0.113. The molecule has 0 bridgehead atoms. The third-order valence-electron chi connectivity index (χ3n) is 3.95. The summed E-state index contributed by atoms with van der Waals surface area (Å²) in [6, 6.07) is 12.9. The molecular formula is C21H24ClNO3S. The fourth-order valence-corrected chi connectivity index (χ4v) is 4.09. The van der Waals surface area contributed by atoms with Crippen molar-refractivity contribution in [1.29, 1.82) is 0 Å². The molecule has 4 nitrogen and oxygen atoms in total. The number of unbranched alkanes of at least 4 members (excludes halogenated alkanes) is 1.